The van der Waals surface area contributed by atoms with Crippen molar-refractivity contribution < 1.29 is 9.53 Å². The van der Waals surface area contributed by atoms with Gasteiger partial charge in [-0.25, -0.2) is 0 Å². The van der Waals surface area contributed by atoms with Gasteiger partial charge in [-0.15, -0.1) is 0 Å². The molecule has 2 aromatic heterocycles. The largest absolute Gasteiger partial charge is 0.438 e. The number of rotatable bonds is 7. The average molecular weight is 471 g/mol. The number of ether oxygens (including phenoxy) is 1. The first-order chi connectivity index (χ1) is 16.5. The van der Waals surface area contributed by atoms with E-state index in [-0.39, 0.29) is 17.0 Å². The van der Waals surface area contributed by atoms with Crippen molar-refractivity contribution in [3.63, 3.8) is 0 Å². The second-order valence-electron chi connectivity index (χ2n) is 7.28. The number of hydrogen-bond donors (Lipinski definition) is 1. The summed E-state index contributed by atoms with van der Waals surface area (Å²) >= 11 is 5.94. The van der Waals surface area contributed by atoms with Crippen LogP contribution in [0.1, 0.15) is 11.1 Å². The first kappa shape index (κ1) is 22.8. The molecule has 0 aliphatic rings. The van der Waals surface area contributed by atoms with Crippen LogP contribution >= 0.6 is 11.6 Å². The van der Waals surface area contributed by atoms with E-state index < -0.39 is 11.5 Å². The fourth-order valence-electron chi connectivity index (χ4n) is 3.25. The maximum Gasteiger partial charge on any atom is 0.269 e. The molecule has 0 bridgehead atoms. The van der Waals surface area contributed by atoms with E-state index in [1.165, 1.54) is 10.5 Å². The third kappa shape index (κ3) is 5.31. The lowest BCUT2D eigenvalue weighted by molar-refractivity contribution is -0.117. The van der Waals surface area contributed by atoms with E-state index in [4.69, 9.17) is 16.3 Å². The van der Waals surface area contributed by atoms with Crippen LogP contribution in [0.4, 0.5) is 0 Å². The Morgan fingerprint density at radius 1 is 1.09 bits per heavy atom. The molecule has 168 valence electrons. The molecule has 4 aromatic rings. The normalized spacial score (nSPS) is 11.1. The van der Waals surface area contributed by atoms with Gasteiger partial charge in [0.25, 0.3) is 11.5 Å². The van der Waals surface area contributed by atoms with Crippen molar-refractivity contribution in [3.8, 4) is 17.7 Å². The zero-order valence-corrected chi connectivity index (χ0v) is 18.7. The molecule has 0 aliphatic heterocycles. The number of nitrogens with one attached hydrogen (secondary N) is 1. The molecule has 34 heavy (non-hydrogen) atoms. The Labute approximate surface area is 200 Å². The molecule has 2 heterocycles. The smallest absolute Gasteiger partial charge is 0.269 e. The van der Waals surface area contributed by atoms with Crippen molar-refractivity contribution in [1.29, 1.82) is 5.26 Å². The summed E-state index contributed by atoms with van der Waals surface area (Å²) in [5.74, 6) is -0.214. The first-order valence-electron chi connectivity index (χ1n) is 10.4. The van der Waals surface area contributed by atoms with Crippen molar-refractivity contribution in [1.82, 2.24) is 14.7 Å². The molecule has 7 nitrogen and oxygen atoms in total. The van der Waals surface area contributed by atoms with Gasteiger partial charge in [-0.05, 0) is 54.5 Å². The van der Waals surface area contributed by atoms with Gasteiger partial charge in [0.15, 0.2) is 0 Å². The Bertz CT molecular complexity index is 1460. The van der Waals surface area contributed by atoms with Gasteiger partial charge in [0.1, 0.15) is 28.6 Å². The van der Waals surface area contributed by atoms with Crippen molar-refractivity contribution in [2.24, 2.45) is 0 Å². The Kier molecular flexibility index (Phi) is 7.01. The van der Waals surface area contributed by atoms with Crippen LogP contribution in [0.25, 0.3) is 11.7 Å². The molecule has 1 N–H and O–H groups in total. The predicted molar refractivity (Wildman–Crippen MR) is 130 cm³/mol. The summed E-state index contributed by atoms with van der Waals surface area (Å²) in [6.07, 6.45) is 3.37. The van der Waals surface area contributed by atoms with Gasteiger partial charge >= 0.3 is 0 Å². The highest BCUT2D eigenvalue weighted by Crippen LogP contribution is 2.25. The monoisotopic (exact) mass is 470 g/mol. The molecule has 0 saturated heterocycles. The summed E-state index contributed by atoms with van der Waals surface area (Å²) < 4.78 is 7.17. The number of benzene rings is 2. The molecule has 0 fully saturated rings. The van der Waals surface area contributed by atoms with Gasteiger partial charge in [-0.2, -0.15) is 10.2 Å². The number of carbonyl (C=O) groups is 1. The standard InChI is InChI=1S/C26H19ClN4O3/c27-20-9-11-21(12-10-20)34-25-22(26(33)31-15-5-4-8-23(31)30-25)16-19(17-28)24(32)29-14-13-18-6-2-1-3-7-18/h1-12,15-16H,13-14H2,(H,29,32). The topological polar surface area (TPSA) is 96.5 Å². The van der Waals surface area contributed by atoms with Crippen LogP contribution < -0.4 is 15.6 Å². The fraction of sp³-hybridized carbons (Fsp3) is 0.0769. The van der Waals surface area contributed by atoms with Crippen molar-refractivity contribution in [2.75, 3.05) is 6.54 Å². The second-order valence-corrected chi connectivity index (χ2v) is 7.72. The second kappa shape index (κ2) is 10.5. The summed E-state index contributed by atoms with van der Waals surface area (Å²) in [5.41, 5.74) is 0.692. The lowest BCUT2D eigenvalue weighted by Crippen LogP contribution is -2.27. The molecule has 0 spiro atoms. The molecule has 0 atom stereocenters. The Hall–Kier alpha value is -4.41. The number of amides is 1. The van der Waals surface area contributed by atoms with Crippen molar-refractivity contribution in [3.05, 3.63) is 111 Å². The van der Waals surface area contributed by atoms with Gasteiger partial charge in [-0.1, -0.05) is 48.0 Å². The zero-order valence-electron chi connectivity index (χ0n) is 17.9. The Morgan fingerprint density at radius 3 is 2.56 bits per heavy atom. The molecular weight excluding hydrogens is 452 g/mol. The summed E-state index contributed by atoms with van der Waals surface area (Å²) in [5, 5.41) is 12.9. The Balaban J connectivity index is 1.66. The van der Waals surface area contributed by atoms with Gasteiger partial charge in [0.2, 0.25) is 5.88 Å². The highest BCUT2D eigenvalue weighted by molar-refractivity contribution is 6.30. The highest BCUT2D eigenvalue weighted by Gasteiger charge is 2.17. The first-order valence-corrected chi connectivity index (χ1v) is 10.8. The SMILES string of the molecule is N#CC(=Cc1c(Oc2ccc(Cl)cc2)nc2ccccn2c1=O)C(=O)NCCc1ccccc1. The van der Waals surface area contributed by atoms with Gasteiger partial charge < -0.3 is 10.1 Å². The summed E-state index contributed by atoms with van der Waals surface area (Å²) in [7, 11) is 0. The lowest BCUT2D eigenvalue weighted by atomic mass is 10.1. The van der Waals surface area contributed by atoms with E-state index in [1.807, 2.05) is 36.4 Å². The molecule has 4 rings (SSSR count). The van der Waals surface area contributed by atoms with E-state index in [0.29, 0.717) is 29.4 Å². The number of nitrogens with zero attached hydrogens (tertiary/aromatic N) is 3. The minimum atomic E-state index is -0.589. The molecule has 8 heteroatoms. The molecule has 0 unspecified atom stereocenters. The lowest BCUT2D eigenvalue weighted by Gasteiger charge is -2.10. The number of nitriles is 1. The minimum absolute atomic E-state index is 0.0200. The fourth-order valence-corrected chi connectivity index (χ4v) is 3.38. The number of aromatic nitrogens is 2. The van der Waals surface area contributed by atoms with E-state index in [2.05, 4.69) is 10.3 Å². The van der Waals surface area contributed by atoms with Crippen LogP contribution in [0.2, 0.25) is 5.02 Å². The van der Waals surface area contributed by atoms with E-state index in [9.17, 15) is 14.9 Å². The minimum Gasteiger partial charge on any atom is -0.438 e. The van der Waals surface area contributed by atoms with Gasteiger partial charge in [0.05, 0.1) is 0 Å². The predicted octanol–water partition coefficient (Wildman–Crippen LogP) is 4.41. The number of fused-ring (bicyclic) bond motifs is 1. The van der Waals surface area contributed by atoms with E-state index in [0.717, 1.165) is 5.56 Å². The number of carbonyl (C=O) groups excluding carboxylic acids is 1. The number of pyridine rings is 1. The molecule has 0 radical (unpaired) electrons. The van der Waals surface area contributed by atoms with Gasteiger partial charge in [-0.3, -0.25) is 14.0 Å². The van der Waals surface area contributed by atoms with Crippen LogP contribution in [0.3, 0.4) is 0 Å². The molecule has 0 saturated carbocycles. The van der Waals surface area contributed by atoms with Crippen LogP contribution in [-0.4, -0.2) is 21.8 Å². The summed E-state index contributed by atoms with van der Waals surface area (Å²) in [6.45, 7) is 0.338. The number of halogens is 1. The van der Waals surface area contributed by atoms with Crippen molar-refractivity contribution >= 4 is 29.2 Å². The summed E-state index contributed by atoms with van der Waals surface area (Å²) in [4.78, 5) is 30.3. The van der Waals surface area contributed by atoms with Crippen LogP contribution in [0, 0.1) is 11.3 Å². The average Bonchev–Trinajstić information content (AvgIpc) is 2.86. The van der Waals surface area contributed by atoms with E-state index in [1.54, 1.807) is 48.7 Å². The van der Waals surface area contributed by atoms with Crippen LogP contribution in [0.15, 0.2) is 89.4 Å². The zero-order chi connectivity index (χ0) is 23.9. The quantitative estimate of drug-likeness (QED) is 0.319. The molecule has 2 aromatic carbocycles. The van der Waals surface area contributed by atoms with Gasteiger partial charge in [0, 0.05) is 17.8 Å². The third-order valence-corrected chi connectivity index (χ3v) is 5.21. The molecular formula is C26H19ClN4O3. The maximum absolute atomic E-state index is 13.2. The Morgan fingerprint density at radius 2 is 1.82 bits per heavy atom. The third-order valence-electron chi connectivity index (χ3n) is 4.96. The van der Waals surface area contributed by atoms with Crippen molar-refractivity contribution in [2.45, 2.75) is 6.42 Å². The van der Waals surface area contributed by atoms with Crippen LogP contribution in [-0.2, 0) is 11.2 Å². The highest BCUT2D eigenvalue weighted by atomic mass is 35.5. The summed E-state index contributed by atoms with van der Waals surface area (Å²) in [6, 6.07) is 23.2. The van der Waals surface area contributed by atoms with E-state index >= 15 is 0 Å². The molecule has 0 aliphatic carbocycles. The van der Waals surface area contributed by atoms with Crippen LogP contribution in [0.5, 0.6) is 11.6 Å². The maximum atomic E-state index is 13.2. The molecule has 1 amide bonds. The number of hydrogen-bond acceptors (Lipinski definition) is 5.